The lowest BCUT2D eigenvalue weighted by atomic mass is 10.1. The van der Waals surface area contributed by atoms with Crippen molar-refractivity contribution in [2.45, 2.75) is 39.3 Å². The molecular weight excluding hydrogens is 364 g/mol. The number of hydrogen-bond acceptors (Lipinski definition) is 6. The molecule has 27 heavy (non-hydrogen) atoms. The molecule has 2 amide bonds. The summed E-state index contributed by atoms with van der Waals surface area (Å²) in [5, 5.41) is 6.81. The highest BCUT2D eigenvalue weighted by Crippen LogP contribution is 2.37. The summed E-state index contributed by atoms with van der Waals surface area (Å²) in [6.45, 7) is 7.02. The van der Waals surface area contributed by atoms with E-state index in [-0.39, 0.29) is 18.4 Å². The number of likely N-dealkylation sites (tertiary alicyclic amines) is 1. The summed E-state index contributed by atoms with van der Waals surface area (Å²) in [6, 6.07) is 4.29. The van der Waals surface area contributed by atoms with E-state index in [0.717, 1.165) is 42.9 Å². The Bertz CT molecular complexity index is 840. The first-order chi connectivity index (χ1) is 13.0. The molecule has 0 bridgehead atoms. The van der Waals surface area contributed by atoms with Crippen LogP contribution in [0.4, 0.5) is 0 Å². The Morgan fingerprint density at radius 1 is 1.37 bits per heavy atom. The minimum Gasteiger partial charge on any atom is -0.361 e. The van der Waals surface area contributed by atoms with Gasteiger partial charge in [-0.25, -0.2) is 0 Å². The lowest BCUT2D eigenvalue weighted by molar-refractivity contribution is -0.123. The van der Waals surface area contributed by atoms with Crippen LogP contribution in [0, 0.1) is 13.8 Å². The molecule has 144 valence electrons. The van der Waals surface area contributed by atoms with Crippen molar-refractivity contribution in [3.05, 3.63) is 38.9 Å². The SMILES string of the molecule is Cc1noc(C)c1CN1CCC[C@@H]1c1ccc(C(=O)N2CCNC(=O)C2)s1. The van der Waals surface area contributed by atoms with Crippen LogP contribution in [0.15, 0.2) is 16.7 Å². The number of piperazine rings is 1. The third-order valence-corrected chi connectivity index (χ3v) is 6.57. The summed E-state index contributed by atoms with van der Waals surface area (Å²) in [7, 11) is 0. The van der Waals surface area contributed by atoms with Crippen molar-refractivity contribution in [3.8, 4) is 0 Å². The Morgan fingerprint density at radius 2 is 2.22 bits per heavy atom. The first-order valence-corrected chi connectivity index (χ1v) is 10.2. The average molecular weight is 388 g/mol. The molecule has 8 heteroatoms. The number of nitrogens with zero attached hydrogens (tertiary/aromatic N) is 3. The van der Waals surface area contributed by atoms with Crippen molar-refractivity contribution in [2.24, 2.45) is 0 Å². The van der Waals surface area contributed by atoms with E-state index < -0.39 is 0 Å². The molecule has 2 fully saturated rings. The highest BCUT2D eigenvalue weighted by atomic mass is 32.1. The standard InChI is InChI=1S/C19H24N4O3S/c1-12-14(13(2)26-21-12)10-22-8-3-4-15(22)16-5-6-17(27-16)19(25)23-9-7-20-18(24)11-23/h5-6,15H,3-4,7-11H2,1-2H3,(H,20,24)/t15-/m1/s1. The molecule has 0 aliphatic carbocycles. The second-order valence-electron chi connectivity index (χ2n) is 7.21. The molecule has 4 rings (SSSR count). The van der Waals surface area contributed by atoms with Crippen LogP contribution in [-0.2, 0) is 11.3 Å². The second-order valence-corrected chi connectivity index (χ2v) is 8.33. The van der Waals surface area contributed by atoms with Gasteiger partial charge in [-0.05, 0) is 45.4 Å². The van der Waals surface area contributed by atoms with E-state index >= 15 is 0 Å². The number of carbonyl (C=O) groups is 2. The van der Waals surface area contributed by atoms with E-state index in [1.807, 2.05) is 19.9 Å². The quantitative estimate of drug-likeness (QED) is 0.869. The third-order valence-electron chi connectivity index (χ3n) is 5.40. The smallest absolute Gasteiger partial charge is 0.264 e. The van der Waals surface area contributed by atoms with E-state index in [0.29, 0.717) is 24.0 Å². The molecule has 0 radical (unpaired) electrons. The van der Waals surface area contributed by atoms with Crippen molar-refractivity contribution in [1.82, 2.24) is 20.3 Å². The van der Waals surface area contributed by atoms with Crippen LogP contribution in [0.5, 0.6) is 0 Å². The summed E-state index contributed by atoms with van der Waals surface area (Å²) in [4.78, 5) is 30.3. The number of amides is 2. The van der Waals surface area contributed by atoms with Gasteiger partial charge in [0.2, 0.25) is 5.91 Å². The van der Waals surface area contributed by atoms with Crippen LogP contribution in [0.1, 0.15) is 50.4 Å². The van der Waals surface area contributed by atoms with Gasteiger partial charge in [-0.2, -0.15) is 0 Å². The monoisotopic (exact) mass is 388 g/mol. The van der Waals surface area contributed by atoms with Crippen molar-refractivity contribution >= 4 is 23.2 Å². The summed E-state index contributed by atoms with van der Waals surface area (Å²) in [5.41, 5.74) is 2.11. The molecule has 7 nitrogen and oxygen atoms in total. The number of carbonyl (C=O) groups excluding carboxylic acids is 2. The summed E-state index contributed by atoms with van der Waals surface area (Å²) >= 11 is 1.55. The van der Waals surface area contributed by atoms with Gasteiger partial charge in [-0.1, -0.05) is 5.16 Å². The number of rotatable bonds is 4. The fourth-order valence-electron chi connectivity index (χ4n) is 3.88. The number of hydrogen-bond donors (Lipinski definition) is 1. The highest BCUT2D eigenvalue weighted by Gasteiger charge is 2.30. The van der Waals surface area contributed by atoms with E-state index in [1.165, 1.54) is 4.88 Å². The molecule has 0 aromatic carbocycles. The fourth-order valence-corrected chi connectivity index (χ4v) is 5.03. The van der Waals surface area contributed by atoms with E-state index in [2.05, 4.69) is 21.4 Å². The number of aryl methyl sites for hydroxylation is 2. The molecular formula is C19H24N4O3S. The van der Waals surface area contributed by atoms with Crippen molar-refractivity contribution in [2.75, 3.05) is 26.2 Å². The predicted molar refractivity (Wildman–Crippen MR) is 102 cm³/mol. The molecule has 2 aliphatic heterocycles. The Balaban J connectivity index is 1.48. The van der Waals surface area contributed by atoms with Gasteiger partial charge in [0.05, 0.1) is 17.1 Å². The van der Waals surface area contributed by atoms with Crippen LogP contribution in [0.25, 0.3) is 0 Å². The van der Waals surface area contributed by atoms with Gasteiger partial charge in [0.15, 0.2) is 0 Å². The van der Waals surface area contributed by atoms with Crippen molar-refractivity contribution in [1.29, 1.82) is 0 Å². The third kappa shape index (κ3) is 3.64. The molecule has 2 aromatic rings. The predicted octanol–water partition coefficient (Wildman–Crippen LogP) is 2.26. The second kappa shape index (κ2) is 7.44. The number of thiophene rings is 1. The Morgan fingerprint density at radius 3 is 2.96 bits per heavy atom. The summed E-state index contributed by atoms with van der Waals surface area (Å²) in [5.74, 6) is 0.743. The average Bonchev–Trinajstić information content (AvgIpc) is 3.38. The maximum absolute atomic E-state index is 12.7. The zero-order valence-electron chi connectivity index (χ0n) is 15.7. The number of nitrogens with one attached hydrogen (secondary N) is 1. The minimum absolute atomic E-state index is 0.0450. The Labute approximate surface area is 162 Å². The first-order valence-electron chi connectivity index (χ1n) is 9.34. The normalized spacial score (nSPS) is 20.9. The molecule has 4 heterocycles. The topological polar surface area (TPSA) is 78.7 Å². The van der Waals surface area contributed by atoms with Crippen LogP contribution in [0.3, 0.4) is 0 Å². The van der Waals surface area contributed by atoms with Gasteiger partial charge in [0.25, 0.3) is 5.91 Å². The molecule has 2 aromatic heterocycles. The van der Waals surface area contributed by atoms with Crippen LogP contribution in [0.2, 0.25) is 0 Å². The fraction of sp³-hybridized carbons (Fsp3) is 0.526. The lowest BCUT2D eigenvalue weighted by Crippen LogP contribution is -2.49. The molecule has 1 N–H and O–H groups in total. The Hall–Kier alpha value is -2.19. The summed E-state index contributed by atoms with van der Waals surface area (Å²) < 4.78 is 5.30. The molecule has 1 atom stereocenters. The maximum Gasteiger partial charge on any atom is 0.264 e. The number of aromatic nitrogens is 1. The first kappa shape index (κ1) is 18.2. The van der Waals surface area contributed by atoms with Gasteiger partial charge < -0.3 is 14.7 Å². The molecule has 2 saturated heterocycles. The zero-order valence-corrected chi connectivity index (χ0v) is 16.5. The zero-order chi connectivity index (χ0) is 19.0. The Kier molecular flexibility index (Phi) is 5.01. The van der Waals surface area contributed by atoms with E-state index in [4.69, 9.17) is 4.52 Å². The van der Waals surface area contributed by atoms with Crippen LogP contribution in [-0.4, -0.2) is 52.9 Å². The molecule has 0 spiro atoms. The van der Waals surface area contributed by atoms with E-state index in [1.54, 1.807) is 16.2 Å². The van der Waals surface area contributed by atoms with Gasteiger partial charge in [-0.3, -0.25) is 14.5 Å². The molecule has 2 aliphatic rings. The largest absolute Gasteiger partial charge is 0.361 e. The maximum atomic E-state index is 12.7. The van der Waals surface area contributed by atoms with Gasteiger partial charge in [0, 0.05) is 36.1 Å². The summed E-state index contributed by atoms with van der Waals surface area (Å²) in [6.07, 6.45) is 2.23. The van der Waals surface area contributed by atoms with E-state index in [9.17, 15) is 9.59 Å². The van der Waals surface area contributed by atoms with Gasteiger partial charge in [0.1, 0.15) is 5.76 Å². The highest BCUT2D eigenvalue weighted by molar-refractivity contribution is 7.14. The minimum atomic E-state index is -0.0900. The molecule has 0 saturated carbocycles. The lowest BCUT2D eigenvalue weighted by Gasteiger charge is -2.26. The van der Waals surface area contributed by atoms with Gasteiger partial charge >= 0.3 is 0 Å². The van der Waals surface area contributed by atoms with Gasteiger partial charge in [-0.15, -0.1) is 11.3 Å². The van der Waals surface area contributed by atoms with Crippen molar-refractivity contribution in [3.63, 3.8) is 0 Å². The van der Waals surface area contributed by atoms with Crippen LogP contribution < -0.4 is 5.32 Å². The molecule has 0 unspecified atom stereocenters. The van der Waals surface area contributed by atoms with Crippen LogP contribution >= 0.6 is 11.3 Å². The van der Waals surface area contributed by atoms with Crippen molar-refractivity contribution < 1.29 is 14.1 Å².